The van der Waals surface area contributed by atoms with E-state index in [2.05, 4.69) is 31.5 Å². The lowest BCUT2D eigenvalue weighted by Gasteiger charge is -2.32. The Morgan fingerprint density at radius 3 is 2.71 bits per heavy atom. The molecule has 2 fully saturated rings. The van der Waals surface area contributed by atoms with Crippen LogP contribution >= 0.6 is 11.3 Å². The van der Waals surface area contributed by atoms with Gasteiger partial charge in [0.15, 0.2) is 0 Å². The predicted molar refractivity (Wildman–Crippen MR) is 85.4 cm³/mol. The molecular formula is C16H25N3OS. The topological polar surface area (TPSA) is 45.2 Å². The van der Waals surface area contributed by atoms with Gasteiger partial charge in [-0.05, 0) is 31.3 Å². The first-order valence-corrected chi connectivity index (χ1v) is 8.69. The summed E-state index contributed by atoms with van der Waals surface area (Å²) in [5.74, 6) is 0.310. The Kier molecular flexibility index (Phi) is 3.82. The summed E-state index contributed by atoms with van der Waals surface area (Å²) >= 11 is 1.68. The molecule has 21 heavy (non-hydrogen) atoms. The SMILES string of the molecule is CC(C)(C)c1csc(CN2CC3(CCNCC3)CC2=O)n1. The first kappa shape index (κ1) is 15.0. The van der Waals surface area contributed by atoms with Gasteiger partial charge in [-0.3, -0.25) is 4.79 Å². The normalized spacial score (nSPS) is 22.2. The quantitative estimate of drug-likeness (QED) is 0.913. The number of hydrogen-bond acceptors (Lipinski definition) is 4. The molecule has 0 atom stereocenters. The van der Waals surface area contributed by atoms with E-state index in [1.807, 2.05) is 4.90 Å². The molecule has 1 spiro atoms. The zero-order chi connectivity index (χ0) is 15.1. The zero-order valence-electron chi connectivity index (χ0n) is 13.2. The summed E-state index contributed by atoms with van der Waals surface area (Å²) in [7, 11) is 0. The van der Waals surface area contributed by atoms with Crippen molar-refractivity contribution in [1.82, 2.24) is 15.2 Å². The maximum atomic E-state index is 12.3. The Morgan fingerprint density at radius 1 is 1.38 bits per heavy atom. The Morgan fingerprint density at radius 2 is 2.10 bits per heavy atom. The molecule has 0 aliphatic carbocycles. The van der Waals surface area contributed by atoms with Gasteiger partial charge in [0.1, 0.15) is 5.01 Å². The number of carbonyl (C=O) groups excluding carboxylic acids is 1. The van der Waals surface area contributed by atoms with Crippen LogP contribution in [0, 0.1) is 5.41 Å². The minimum Gasteiger partial charge on any atom is -0.335 e. The molecule has 0 aromatic carbocycles. The summed E-state index contributed by atoms with van der Waals surface area (Å²) in [4.78, 5) is 19.1. The summed E-state index contributed by atoms with van der Waals surface area (Å²) in [5.41, 5.74) is 1.44. The van der Waals surface area contributed by atoms with E-state index in [-0.39, 0.29) is 10.8 Å². The molecule has 1 aromatic rings. The van der Waals surface area contributed by atoms with Crippen LogP contribution in [-0.4, -0.2) is 35.4 Å². The first-order valence-electron chi connectivity index (χ1n) is 7.81. The van der Waals surface area contributed by atoms with Crippen molar-refractivity contribution < 1.29 is 4.79 Å². The molecule has 0 bridgehead atoms. The summed E-state index contributed by atoms with van der Waals surface area (Å²) in [6.07, 6.45) is 2.98. The van der Waals surface area contributed by atoms with Crippen molar-refractivity contribution in [3.63, 3.8) is 0 Å². The number of aromatic nitrogens is 1. The third-order valence-corrected chi connectivity index (χ3v) is 5.55. The molecule has 5 heteroatoms. The Balaban J connectivity index is 1.68. The van der Waals surface area contributed by atoms with E-state index in [1.165, 1.54) is 0 Å². The molecule has 116 valence electrons. The van der Waals surface area contributed by atoms with Crippen LogP contribution in [0.5, 0.6) is 0 Å². The third kappa shape index (κ3) is 3.14. The monoisotopic (exact) mass is 307 g/mol. The maximum absolute atomic E-state index is 12.3. The Bertz CT molecular complexity index is 526. The highest BCUT2D eigenvalue weighted by molar-refractivity contribution is 7.09. The van der Waals surface area contributed by atoms with E-state index in [0.717, 1.165) is 49.6 Å². The summed E-state index contributed by atoms with van der Waals surface area (Å²) < 4.78 is 0. The van der Waals surface area contributed by atoms with Crippen molar-refractivity contribution in [2.75, 3.05) is 19.6 Å². The first-order chi connectivity index (χ1) is 9.88. The summed E-state index contributed by atoms with van der Waals surface area (Å²) in [6.45, 7) is 10.2. The van der Waals surface area contributed by atoms with Crippen LogP contribution in [0.2, 0.25) is 0 Å². The molecule has 2 aliphatic heterocycles. The van der Waals surface area contributed by atoms with Gasteiger partial charge >= 0.3 is 0 Å². The van der Waals surface area contributed by atoms with Gasteiger partial charge < -0.3 is 10.2 Å². The van der Waals surface area contributed by atoms with Gasteiger partial charge in [0.2, 0.25) is 5.91 Å². The van der Waals surface area contributed by atoms with Gasteiger partial charge in [-0.25, -0.2) is 4.98 Å². The van der Waals surface area contributed by atoms with Crippen molar-refractivity contribution >= 4 is 17.2 Å². The lowest BCUT2D eigenvalue weighted by molar-refractivity contribution is -0.128. The highest BCUT2D eigenvalue weighted by atomic mass is 32.1. The van der Waals surface area contributed by atoms with Crippen molar-refractivity contribution in [3.8, 4) is 0 Å². The molecule has 4 nitrogen and oxygen atoms in total. The average Bonchev–Trinajstić information content (AvgIpc) is 2.97. The fraction of sp³-hybridized carbons (Fsp3) is 0.750. The van der Waals surface area contributed by atoms with Gasteiger partial charge in [0.05, 0.1) is 12.2 Å². The van der Waals surface area contributed by atoms with Crippen molar-refractivity contribution in [2.45, 2.75) is 52.0 Å². The minimum atomic E-state index is 0.0834. The molecule has 3 rings (SSSR count). The van der Waals surface area contributed by atoms with E-state index in [1.54, 1.807) is 11.3 Å². The zero-order valence-corrected chi connectivity index (χ0v) is 14.1. The highest BCUT2D eigenvalue weighted by Gasteiger charge is 2.43. The number of hydrogen-bond donors (Lipinski definition) is 1. The van der Waals surface area contributed by atoms with Crippen LogP contribution < -0.4 is 5.32 Å². The second kappa shape index (κ2) is 5.36. The number of thiazole rings is 1. The van der Waals surface area contributed by atoms with Crippen molar-refractivity contribution in [2.24, 2.45) is 5.41 Å². The number of amides is 1. The maximum Gasteiger partial charge on any atom is 0.223 e. The van der Waals surface area contributed by atoms with E-state index < -0.39 is 0 Å². The molecule has 2 saturated heterocycles. The molecule has 1 aromatic heterocycles. The van der Waals surface area contributed by atoms with Gasteiger partial charge in [0, 0.05) is 23.8 Å². The van der Waals surface area contributed by atoms with E-state index in [4.69, 9.17) is 4.98 Å². The van der Waals surface area contributed by atoms with Crippen LogP contribution in [-0.2, 0) is 16.8 Å². The third-order valence-electron chi connectivity index (χ3n) is 4.72. The van der Waals surface area contributed by atoms with Crippen LogP contribution in [0.25, 0.3) is 0 Å². The fourth-order valence-electron chi connectivity index (χ4n) is 3.31. The molecule has 1 N–H and O–H groups in total. The molecule has 0 unspecified atom stereocenters. The smallest absolute Gasteiger partial charge is 0.223 e. The highest BCUT2D eigenvalue weighted by Crippen LogP contribution is 2.40. The van der Waals surface area contributed by atoms with Crippen LogP contribution in [0.4, 0.5) is 0 Å². The lowest BCUT2D eigenvalue weighted by atomic mass is 9.78. The number of carbonyl (C=O) groups is 1. The lowest BCUT2D eigenvalue weighted by Crippen LogP contribution is -2.38. The largest absolute Gasteiger partial charge is 0.335 e. The summed E-state index contributed by atoms with van der Waals surface area (Å²) in [6, 6.07) is 0. The number of piperidine rings is 1. The van der Waals surface area contributed by atoms with Crippen LogP contribution in [0.3, 0.4) is 0 Å². The molecule has 0 saturated carbocycles. The van der Waals surface area contributed by atoms with E-state index >= 15 is 0 Å². The number of rotatable bonds is 2. The molecular weight excluding hydrogens is 282 g/mol. The van der Waals surface area contributed by atoms with Gasteiger partial charge in [-0.15, -0.1) is 11.3 Å². The van der Waals surface area contributed by atoms with Gasteiger partial charge in [-0.2, -0.15) is 0 Å². The fourth-order valence-corrected chi connectivity index (χ4v) is 4.34. The second-order valence-electron chi connectivity index (χ2n) is 7.55. The van der Waals surface area contributed by atoms with Crippen molar-refractivity contribution in [3.05, 3.63) is 16.1 Å². The van der Waals surface area contributed by atoms with Crippen LogP contribution in [0.15, 0.2) is 5.38 Å². The molecule has 3 heterocycles. The van der Waals surface area contributed by atoms with E-state index in [0.29, 0.717) is 12.5 Å². The van der Waals surface area contributed by atoms with Gasteiger partial charge in [0.25, 0.3) is 0 Å². The van der Waals surface area contributed by atoms with Gasteiger partial charge in [-0.1, -0.05) is 20.8 Å². The Hall–Kier alpha value is -0.940. The molecule has 2 aliphatic rings. The molecule has 0 radical (unpaired) electrons. The molecule has 1 amide bonds. The van der Waals surface area contributed by atoms with E-state index in [9.17, 15) is 4.79 Å². The number of likely N-dealkylation sites (tertiary alicyclic amines) is 1. The number of nitrogens with one attached hydrogen (secondary N) is 1. The average molecular weight is 307 g/mol. The standard InChI is InChI=1S/C16H25N3OS/c1-15(2,3)12-10-21-13(18-12)9-19-11-16(8-14(19)20)4-6-17-7-5-16/h10,17H,4-9,11H2,1-3H3. The van der Waals surface area contributed by atoms with Crippen molar-refractivity contribution in [1.29, 1.82) is 0 Å². The summed E-state index contributed by atoms with van der Waals surface area (Å²) in [5, 5.41) is 6.60. The predicted octanol–water partition coefficient (Wildman–Crippen LogP) is 2.54. The second-order valence-corrected chi connectivity index (χ2v) is 8.50. The minimum absolute atomic E-state index is 0.0834. The van der Waals surface area contributed by atoms with Crippen LogP contribution in [0.1, 0.15) is 50.7 Å². The number of nitrogens with zero attached hydrogens (tertiary/aromatic N) is 2. The Labute approximate surface area is 130 Å².